The molecule has 0 unspecified atom stereocenters. The van der Waals surface area contributed by atoms with Crippen LogP contribution in [0.5, 0.6) is 17.2 Å². The van der Waals surface area contributed by atoms with Gasteiger partial charge in [0.1, 0.15) is 11.9 Å². The Bertz CT molecular complexity index is 1050. The first-order valence-electron chi connectivity index (χ1n) is 11.7. The molecule has 176 valence electrons. The summed E-state index contributed by atoms with van der Waals surface area (Å²) in [5.41, 5.74) is 3.12. The molecule has 2 aromatic carbocycles. The van der Waals surface area contributed by atoms with Gasteiger partial charge >= 0.3 is 5.97 Å². The summed E-state index contributed by atoms with van der Waals surface area (Å²) in [6.45, 7) is 0.958. The summed E-state index contributed by atoms with van der Waals surface area (Å²) in [6.07, 6.45) is 4.21. The van der Waals surface area contributed by atoms with E-state index in [-0.39, 0.29) is 36.0 Å². The molecule has 0 amide bonds. The highest BCUT2D eigenvalue weighted by Gasteiger charge is 2.41. The lowest BCUT2D eigenvalue weighted by Gasteiger charge is -2.48. The van der Waals surface area contributed by atoms with Crippen LogP contribution in [-0.4, -0.2) is 54.0 Å². The van der Waals surface area contributed by atoms with E-state index < -0.39 is 6.10 Å². The van der Waals surface area contributed by atoms with Crippen molar-refractivity contribution in [3.05, 3.63) is 41.5 Å². The maximum absolute atomic E-state index is 12.9. The Labute approximate surface area is 193 Å². The lowest BCUT2D eigenvalue weighted by atomic mass is 9.81. The molecule has 0 aliphatic carbocycles. The summed E-state index contributed by atoms with van der Waals surface area (Å²) < 4.78 is 17.0. The minimum atomic E-state index is -0.482. The molecule has 7 nitrogen and oxygen atoms in total. The zero-order valence-corrected chi connectivity index (χ0v) is 19.1. The van der Waals surface area contributed by atoms with Gasteiger partial charge in [0, 0.05) is 37.6 Å². The van der Waals surface area contributed by atoms with E-state index in [1.807, 2.05) is 6.07 Å². The van der Waals surface area contributed by atoms with E-state index in [4.69, 9.17) is 14.2 Å². The average Bonchev–Trinajstić information content (AvgIpc) is 2.82. The van der Waals surface area contributed by atoms with E-state index in [2.05, 4.69) is 4.90 Å². The topological polar surface area (TPSA) is 88.5 Å². The van der Waals surface area contributed by atoms with E-state index >= 15 is 0 Å². The first kappa shape index (κ1) is 22.0. The number of ether oxygens (including phenoxy) is 3. The van der Waals surface area contributed by atoms with Gasteiger partial charge in [-0.1, -0.05) is 12.5 Å². The van der Waals surface area contributed by atoms with Gasteiger partial charge in [-0.2, -0.15) is 0 Å². The summed E-state index contributed by atoms with van der Waals surface area (Å²) in [6, 6.07) is 9.07. The van der Waals surface area contributed by atoms with Gasteiger partial charge in [0.25, 0.3) is 0 Å². The van der Waals surface area contributed by atoms with Gasteiger partial charge in [-0.15, -0.1) is 0 Å². The highest BCUT2D eigenvalue weighted by Crippen LogP contribution is 2.48. The Morgan fingerprint density at radius 3 is 2.67 bits per heavy atom. The molecular weight excluding hydrogens is 422 g/mol. The smallest absolute Gasteiger partial charge is 0.309 e. The number of phenols is 2. The molecule has 7 heteroatoms. The molecule has 3 heterocycles. The number of carbonyl (C=O) groups is 1. The Morgan fingerprint density at radius 2 is 1.88 bits per heavy atom. The Hall–Kier alpha value is -2.77. The minimum absolute atomic E-state index is 0.0469. The molecule has 0 saturated carbocycles. The predicted octanol–water partition coefficient (Wildman–Crippen LogP) is 4.47. The number of fused-ring (bicyclic) bond motifs is 9. The number of aromatic hydroxyl groups is 2. The summed E-state index contributed by atoms with van der Waals surface area (Å²) in [4.78, 5) is 15.3. The molecule has 2 N–H and O–H groups in total. The fourth-order valence-electron chi connectivity index (χ4n) is 5.82. The normalized spacial score (nSPS) is 27.4. The molecule has 3 aliphatic rings. The third-order valence-electron chi connectivity index (χ3n) is 7.42. The van der Waals surface area contributed by atoms with Crippen molar-refractivity contribution in [2.24, 2.45) is 0 Å². The number of piperidine rings is 2. The van der Waals surface area contributed by atoms with Crippen LogP contribution in [0, 0.1) is 0 Å². The first-order valence-corrected chi connectivity index (χ1v) is 11.7. The monoisotopic (exact) mass is 453 g/mol. The SMILES string of the molecule is COc1cc2c(cc1O)[C@@H]1C[C@H](C[C@@H]3CCCCN31)OC(=O)C[C@@H](OC)c1ccc(O)c-2c1. The molecular formula is C26H31NO6. The van der Waals surface area contributed by atoms with Crippen molar-refractivity contribution in [1.82, 2.24) is 4.90 Å². The summed E-state index contributed by atoms with van der Waals surface area (Å²) >= 11 is 0. The fraction of sp³-hybridized carbons (Fsp3) is 0.500. The number of benzene rings is 2. The van der Waals surface area contributed by atoms with E-state index in [0.29, 0.717) is 23.8 Å². The van der Waals surface area contributed by atoms with Crippen LogP contribution in [0.1, 0.15) is 61.8 Å². The zero-order valence-electron chi connectivity index (χ0n) is 19.1. The molecule has 0 radical (unpaired) electrons. The van der Waals surface area contributed by atoms with Gasteiger partial charge in [-0.05, 0) is 60.3 Å². The van der Waals surface area contributed by atoms with E-state index in [1.54, 1.807) is 31.4 Å². The molecule has 0 aromatic heterocycles. The lowest BCUT2D eigenvalue weighted by Crippen LogP contribution is -2.49. The van der Waals surface area contributed by atoms with Crippen LogP contribution in [0.15, 0.2) is 30.3 Å². The number of carbonyl (C=O) groups excluding carboxylic acids is 1. The molecule has 0 spiro atoms. The minimum Gasteiger partial charge on any atom is -0.507 e. The summed E-state index contributed by atoms with van der Waals surface area (Å²) in [5.74, 6) is 0.261. The quantitative estimate of drug-likeness (QED) is 0.649. The highest BCUT2D eigenvalue weighted by molar-refractivity contribution is 5.78. The molecule has 4 bridgehead atoms. The van der Waals surface area contributed by atoms with E-state index in [1.165, 1.54) is 7.11 Å². The van der Waals surface area contributed by atoms with Crippen LogP contribution in [0.3, 0.4) is 0 Å². The molecule has 2 fully saturated rings. The van der Waals surface area contributed by atoms with Crippen LogP contribution >= 0.6 is 0 Å². The lowest BCUT2D eigenvalue weighted by molar-refractivity contribution is -0.157. The molecule has 2 aromatic rings. The van der Waals surface area contributed by atoms with Crippen molar-refractivity contribution < 1.29 is 29.2 Å². The highest BCUT2D eigenvalue weighted by atomic mass is 16.5. The van der Waals surface area contributed by atoms with E-state index in [9.17, 15) is 15.0 Å². The summed E-state index contributed by atoms with van der Waals surface area (Å²) in [5, 5.41) is 21.6. The molecule has 4 atom stereocenters. The molecule has 33 heavy (non-hydrogen) atoms. The van der Waals surface area contributed by atoms with Gasteiger partial charge in [0.05, 0.1) is 19.6 Å². The van der Waals surface area contributed by atoms with Crippen molar-refractivity contribution >= 4 is 5.97 Å². The van der Waals surface area contributed by atoms with E-state index in [0.717, 1.165) is 48.9 Å². The molecule has 2 saturated heterocycles. The number of phenolic OH excluding ortho intramolecular Hbond substituents is 2. The molecule has 5 rings (SSSR count). The number of methoxy groups -OCH3 is 2. The Balaban J connectivity index is 1.74. The van der Waals surface area contributed by atoms with Crippen molar-refractivity contribution in [2.45, 2.75) is 62.8 Å². The number of hydrogen-bond acceptors (Lipinski definition) is 7. The van der Waals surface area contributed by atoms with Crippen LogP contribution in [0.25, 0.3) is 11.1 Å². The van der Waals surface area contributed by atoms with Crippen LogP contribution in [0.4, 0.5) is 0 Å². The maximum Gasteiger partial charge on any atom is 0.309 e. The van der Waals surface area contributed by atoms with Crippen molar-refractivity contribution in [2.75, 3.05) is 20.8 Å². The van der Waals surface area contributed by atoms with Gasteiger partial charge < -0.3 is 24.4 Å². The molecule has 3 aliphatic heterocycles. The van der Waals surface area contributed by atoms with Gasteiger partial charge in [-0.25, -0.2) is 0 Å². The van der Waals surface area contributed by atoms with Crippen molar-refractivity contribution in [3.8, 4) is 28.4 Å². The predicted molar refractivity (Wildman–Crippen MR) is 122 cm³/mol. The van der Waals surface area contributed by atoms with Crippen LogP contribution in [-0.2, 0) is 14.3 Å². The Kier molecular flexibility index (Phi) is 5.93. The largest absolute Gasteiger partial charge is 0.507 e. The summed E-state index contributed by atoms with van der Waals surface area (Å²) in [7, 11) is 3.09. The third-order valence-corrected chi connectivity index (χ3v) is 7.42. The number of rotatable bonds is 2. The van der Waals surface area contributed by atoms with Crippen molar-refractivity contribution in [1.29, 1.82) is 0 Å². The zero-order chi connectivity index (χ0) is 23.1. The number of nitrogens with zero attached hydrogens (tertiary/aromatic N) is 1. The second-order valence-corrected chi connectivity index (χ2v) is 9.30. The van der Waals surface area contributed by atoms with Crippen molar-refractivity contribution in [3.63, 3.8) is 0 Å². The van der Waals surface area contributed by atoms with Crippen LogP contribution < -0.4 is 4.74 Å². The Morgan fingerprint density at radius 1 is 1.03 bits per heavy atom. The second kappa shape index (κ2) is 8.88. The third kappa shape index (κ3) is 4.04. The standard InChI is InChI=1S/C26H31NO6/c1-31-24-14-26(30)33-17-10-16-5-3-4-8-27(16)21(11-17)19-12-23(29)25(32-2)13-18(19)20-9-15(24)6-7-22(20)28/h6-7,9,12-13,16-17,21,24,28-29H,3-5,8,10-11,14H2,1-2H3/t16-,17-,21-,24+/m0/s1. The maximum atomic E-state index is 12.9. The van der Waals surface area contributed by atoms with Gasteiger partial charge in [0.15, 0.2) is 11.5 Å². The average molecular weight is 454 g/mol. The number of hydrogen-bond donors (Lipinski definition) is 2. The second-order valence-electron chi connectivity index (χ2n) is 9.30. The van der Waals surface area contributed by atoms with Gasteiger partial charge in [0.2, 0.25) is 0 Å². The van der Waals surface area contributed by atoms with Gasteiger partial charge in [-0.3, -0.25) is 9.69 Å². The fourth-order valence-corrected chi connectivity index (χ4v) is 5.82. The first-order chi connectivity index (χ1) is 16.0. The number of esters is 1. The van der Waals surface area contributed by atoms with Crippen LogP contribution in [0.2, 0.25) is 0 Å².